The van der Waals surface area contributed by atoms with E-state index in [-0.39, 0.29) is 42.7 Å². The predicted octanol–water partition coefficient (Wildman–Crippen LogP) is 3.56. The zero-order chi connectivity index (χ0) is 20.4. The third-order valence-electron chi connectivity index (χ3n) is 5.95. The Kier molecular flexibility index (Phi) is 9.89. The first kappa shape index (κ1) is 27.0. The van der Waals surface area contributed by atoms with Crippen LogP contribution in [0.2, 0.25) is 0 Å². The van der Waals surface area contributed by atoms with E-state index in [0.717, 1.165) is 37.1 Å². The molecule has 3 rings (SSSR count). The molecule has 2 heterocycles. The number of hydrogen-bond donors (Lipinski definition) is 2. The number of rotatable bonds is 4. The minimum absolute atomic E-state index is 0. The van der Waals surface area contributed by atoms with Crippen molar-refractivity contribution in [2.45, 2.75) is 43.4 Å². The average Bonchev–Trinajstić information content (AvgIpc) is 2.66. The Labute approximate surface area is 187 Å². The normalized spacial score (nSPS) is 24.3. The topological polar surface area (TPSA) is 67.6 Å². The van der Waals surface area contributed by atoms with E-state index < -0.39 is 17.3 Å². The van der Waals surface area contributed by atoms with E-state index in [9.17, 15) is 18.0 Å². The Morgan fingerprint density at radius 2 is 1.83 bits per heavy atom. The molecule has 0 spiro atoms. The number of carbonyl (C=O) groups is 1. The highest BCUT2D eigenvalue weighted by atomic mass is 35.5. The van der Waals surface area contributed by atoms with Gasteiger partial charge in [0.25, 0.3) is 0 Å². The first-order valence-electron chi connectivity index (χ1n) is 9.73. The van der Waals surface area contributed by atoms with E-state index in [2.05, 4.69) is 10.2 Å². The molecule has 10 heteroatoms. The van der Waals surface area contributed by atoms with Gasteiger partial charge in [0.2, 0.25) is 5.91 Å². The molecule has 0 saturated carbocycles. The van der Waals surface area contributed by atoms with Gasteiger partial charge in [-0.1, -0.05) is 12.1 Å². The van der Waals surface area contributed by atoms with Crippen molar-refractivity contribution in [3.05, 3.63) is 35.4 Å². The molecule has 0 aromatic heterocycles. The van der Waals surface area contributed by atoms with Gasteiger partial charge < -0.3 is 15.8 Å². The number of nitrogens with zero attached hydrogens (tertiary/aromatic N) is 1. The smallest absolute Gasteiger partial charge is 0.381 e. The molecule has 2 aliphatic rings. The van der Waals surface area contributed by atoms with Crippen LogP contribution >= 0.6 is 24.8 Å². The Morgan fingerprint density at radius 1 is 1.23 bits per heavy atom. The second-order valence-electron chi connectivity index (χ2n) is 7.93. The molecular weight excluding hydrogens is 442 g/mol. The molecule has 30 heavy (non-hydrogen) atoms. The molecule has 1 amide bonds. The van der Waals surface area contributed by atoms with Gasteiger partial charge in [-0.15, -0.1) is 24.8 Å². The van der Waals surface area contributed by atoms with E-state index in [1.54, 1.807) is 12.1 Å². The van der Waals surface area contributed by atoms with Crippen LogP contribution in [0.5, 0.6) is 0 Å². The lowest BCUT2D eigenvalue weighted by atomic mass is 9.84. The molecule has 2 saturated heterocycles. The Bertz CT molecular complexity index is 683. The van der Waals surface area contributed by atoms with E-state index in [0.29, 0.717) is 32.6 Å². The first-order valence-corrected chi connectivity index (χ1v) is 9.73. The number of alkyl halides is 3. The van der Waals surface area contributed by atoms with Gasteiger partial charge in [-0.25, -0.2) is 0 Å². The molecular formula is C20H30Cl2F3N3O2. The Balaban J connectivity index is 0.00000225. The molecule has 0 aliphatic carbocycles. The van der Waals surface area contributed by atoms with Crippen molar-refractivity contribution in [2.75, 3.05) is 33.4 Å². The number of hydrogen-bond acceptors (Lipinski definition) is 4. The molecule has 2 aliphatic heterocycles. The van der Waals surface area contributed by atoms with Crippen molar-refractivity contribution >= 4 is 30.7 Å². The predicted molar refractivity (Wildman–Crippen MR) is 114 cm³/mol. The highest BCUT2D eigenvalue weighted by Gasteiger charge is 2.38. The summed E-state index contributed by atoms with van der Waals surface area (Å²) in [5.41, 5.74) is 5.53. The Hall–Kier alpha value is -1.06. The van der Waals surface area contributed by atoms with E-state index in [1.165, 1.54) is 0 Å². The average molecular weight is 472 g/mol. The van der Waals surface area contributed by atoms with Crippen LogP contribution < -0.4 is 11.1 Å². The van der Waals surface area contributed by atoms with Crippen molar-refractivity contribution in [1.82, 2.24) is 10.2 Å². The maximum absolute atomic E-state index is 12.9. The van der Waals surface area contributed by atoms with Crippen LogP contribution in [0.3, 0.4) is 0 Å². The molecule has 1 aromatic carbocycles. The maximum Gasteiger partial charge on any atom is 0.416 e. The molecule has 1 aromatic rings. The number of carbonyl (C=O) groups excluding carboxylic acids is 1. The second-order valence-corrected chi connectivity index (χ2v) is 7.93. The lowest BCUT2D eigenvalue weighted by Gasteiger charge is -2.40. The fraction of sp³-hybridized carbons (Fsp3) is 0.650. The molecule has 5 nitrogen and oxygen atoms in total. The van der Waals surface area contributed by atoms with Crippen LogP contribution in [0.25, 0.3) is 0 Å². The summed E-state index contributed by atoms with van der Waals surface area (Å²) < 4.78 is 43.9. The van der Waals surface area contributed by atoms with E-state index in [1.807, 2.05) is 7.05 Å². The van der Waals surface area contributed by atoms with Crippen LogP contribution in [0.4, 0.5) is 13.2 Å². The highest BCUT2D eigenvalue weighted by Crippen LogP contribution is 2.36. The molecule has 0 bridgehead atoms. The van der Waals surface area contributed by atoms with Gasteiger partial charge in [0.05, 0.1) is 11.1 Å². The van der Waals surface area contributed by atoms with Crippen molar-refractivity contribution in [2.24, 2.45) is 11.7 Å². The fourth-order valence-corrected chi connectivity index (χ4v) is 4.23. The lowest BCUT2D eigenvalue weighted by Crippen LogP contribution is -2.58. The largest absolute Gasteiger partial charge is 0.416 e. The molecule has 2 unspecified atom stereocenters. The summed E-state index contributed by atoms with van der Waals surface area (Å²) in [5, 5.41) is 2.99. The van der Waals surface area contributed by atoms with Crippen LogP contribution in [-0.4, -0.2) is 49.7 Å². The number of ether oxygens (including phenoxy) is 1. The van der Waals surface area contributed by atoms with Gasteiger partial charge in [0, 0.05) is 25.8 Å². The standard InChI is InChI=1S/C20H28F3N3O2.2ClH/c1-26-10-2-3-15(13-25-18(27)19(24)8-11-28-12-9-19)17(26)14-4-6-16(7-5-14)20(21,22)23;;/h4-7,15,17H,2-3,8-13,24H2,1H3,(H,25,27);2*1H. The monoisotopic (exact) mass is 471 g/mol. The number of benzene rings is 1. The molecule has 3 N–H and O–H groups in total. The quantitative estimate of drug-likeness (QED) is 0.704. The van der Waals surface area contributed by atoms with Crippen molar-refractivity contribution < 1.29 is 22.7 Å². The zero-order valence-corrected chi connectivity index (χ0v) is 18.5. The number of halogens is 5. The number of nitrogens with one attached hydrogen (secondary N) is 1. The highest BCUT2D eigenvalue weighted by molar-refractivity contribution is 5.86. The van der Waals surface area contributed by atoms with Crippen LogP contribution in [0.1, 0.15) is 42.9 Å². The van der Waals surface area contributed by atoms with Crippen LogP contribution in [0, 0.1) is 5.92 Å². The second kappa shape index (κ2) is 11.0. The maximum atomic E-state index is 12.9. The minimum atomic E-state index is -4.34. The van der Waals surface area contributed by atoms with Crippen molar-refractivity contribution in [1.29, 1.82) is 0 Å². The minimum Gasteiger partial charge on any atom is -0.381 e. The summed E-state index contributed by atoms with van der Waals surface area (Å²) in [4.78, 5) is 14.8. The number of nitrogens with two attached hydrogens (primary N) is 1. The van der Waals surface area contributed by atoms with Gasteiger partial charge in [0.1, 0.15) is 0 Å². The fourth-order valence-electron chi connectivity index (χ4n) is 4.23. The van der Waals surface area contributed by atoms with Crippen molar-refractivity contribution in [3.8, 4) is 0 Å². The number of likely N-dealkylation sites (tertiary alicyclic amines) is 1. The molecule has 172 valence electrons. The van der Waals surface area contributed by atoms with Gasteiger partial charge >= 0.3 is 6.18 Å². The third kappa shape index (κ3) is 6.23. The van der Waals surface area contributed by atoms with E-state index >= 15 is 0 Å². The molecule has 2 atom stereocenters. The lowest BCUT2D eigenvalue weighted by molar-refractivity contribution is -0.137. The number of piperidine rings is 1. The van der Waals surface area contributed by atoms with Crippen LogP contribution in [-0.2, 0) is 15.7 Å². The Morgan fingerprint density at radius 3 is 2.40 bits per heavy atom. The number of amides is 1. The van der Waals surface area contributed by atoms with Gasteiger partial charge in [0.15, 0.2) is 0 Å². The summed E-state index contributed by atoms with van der Waals surface area (Å²) >= 11 is 0. The third-order valence-corrected chi connectivity index (χ3v) is 5.95. The summed E-state index contributed by atoms with van der Waals surface area (Å²) in [6, 6.07) is 5.31. The van der Waals surface area contributed by atoms with Gasteiger partial charge in [-0.05, 0) is 62.9 Å². The summed E-state index contributed by atoms with van der Waals surface area (Å²) in [7, 11) is 1.97. The summed E-state index contributed by atoms with van der Waals surface area (Å²) in [6.45, 7) is 2.28. The molecule has 0 radical (unpaired) electrons. The van der Waals surface area contributed by atoms with Crippen molar-refractivity contribution in [3.63, 3.8) is 0 Å². The SMILES string of the molecule is CN1CCCC(CNC(=O)C2(N)CCOCC2)C1c1ccc(C(F)(F)F)cc1.Cl.Cl. The molecule has 2 fully saturated rings. The summed E-state index contributed by atoms with van der Waals surface area (Å²) in [5.74, 6) is -0.0573. The van der Waals surface area contributed by atoms with Gasteiger partial charge in [-0.2, -0.15) is 13.2 Å². The van der Waals surface area contributed by atoms with E-state index in [4.69, 9.17) is 10.5 Å². The van der Waals surface area contributed by atoms with Crippen LogP contribution in [0.15, 0.2) is 24.3 Å². The zero-order valence-electron chi connectivity index (χ0n) is 16.9. The van der Waals surface area contributed by atoms with Gasteiger partial charge in [-0.3, -0.25) is 9.69 Å². The first-order chi connectivity index (χ1) is 13.2. The summed E-state index contributed by atoms with van der Waals surface area (Å²) in [6.07, 6.45) is -1.48.